The van der Waals surface area contributed by atoms with Crippen LogP contribution in [0.1, 0.15) is 25.3 Å². The minimum absolute atomic E-state index is 0.263. The molecule has 148 valence electrons. The number of aromatic amines is 2. The van der Waals surface area contributed by atoms with Crippen LogP contribution in [0.15, 0.2) is 57.2 Å². The van der Waals surface area contributed by atoms with Crippen LogP contribution in [0.3, 0.4) is 0 Å². The lowest BCUT2D eigenvalue weighted by molar-refractivity contribution is 0.309. The molecule has 0 radical (unpaired) electrons. The smallest absolute Gasteiger partial charge is 0.350 e. The van der Waals surface area contributed by atoms with Crippen molar-refractivity contribution in [2.24, 2.45) is 5.10 Å². The Morgan fingerprint density at radius 1 is 1.10 bits per heavy atom. The van der Waals surface area contributed by atoms with Crippen molar-refractivity contribution in [3.63, 3.8) is 0 Å². The van der Waals surface area contributed by atoms with Gasteiger partial charge in [0.25, 0.3) is 0 Å². The molecule has 2 N–H and O–H groups in total. The number of nitrogens with zero attached hydrogens (tertiary/aromatic N) is 2. The molecule has 2 heterocycles. The van der Waals surface area contributed by atoms with E-state index in [9.17, 15) is 9.59 Å². The van der Waals surface area contributed by atoms with Crippen LogP contribution >= 0.6 is 11.6 Å². The van der Waals surface area contributed by atoms with Gasteiger partial charge in [0.15, 0.2) is 0 Å². The fourth-order valence-corrected chi connectivity index (χ4v) is 3.20. The number of aromatic nitrogens is 3. The summed E-state index contributed by atoms with van der Waals surface area (Å²) >= 11 is 6.03. The van der Waals surface area contributed by atoms with Gasteiger partial charge >= 0.3 is 11.2 Å². The number of fused-ring (bicyclic) bond motifs is 3. The molecule has 0 atom stereocenters. The highest BCUT2D eigenvalue weighted by Gasteiger charge is 2.12. The van der Waals surface area contributed by atoms with E-state index in [0.717, 1.165) is 28.8 Å². The molecule has 4 aromatic rings. The van der Waals surface area contributed by atoms with E-state index >= 15 is 0 Å². The predicted octanol–water partition coefficient (Wildman–Crippen LogP) is 3.89. The number of halogens is 1. The fourth-order valence-electron chi connectivity index (χ4n) is 3.03. The number of H-pyrrole nitrogens is 2. The Bertz CT molecular complexity index is 1320. The van der Waals surface area contributed by atoms with E-state index in [-0.39, 0.29) is 5.52 Å². The van der Waals surface area contributed by atoms with Gasteiger partial charge in [-0.1, -0.05) is 24.9 Å². The predicted molar refractivity (Wildman–Crippen MR) is 116 cm³/mol. The van der Waals surface area contributed by atoms with Crippen molar-refractivity contribution in [1.82, 2.24) is 14.6 Å². The highest BCUT2D eigenvalue weighted by atomic mass is 35.5. The van der Waals surface area contributed by atoms with Crippen molar-refractivity contribution in [1.29, 1.82) is 0 Å². The first-order chi connectivity index (χ1) is 14.1. The Hall–Kier alpha value is -3.32. The average Bonchev–Trinajstić information content (AvgIpc) is 3.07. The Morgan fingerprint density at radius 3 is 2.66 bits per heavy atom. The summed E-state index contributed by atoms with van der Waals surface area (Å²) in [7, 11) is 0. The second-order valence-corrected chi connectivity index (χ2v) is 7.06. The van der Waals surface area contributed by atoms with Gasteiger partial charge in [0, 0.05) is 15.9 Å². The van der Waals surface area contributed by atoms with Crippen LogP contribution in [0, 0.1) is 0 Å². The number of hydrogen-bond acceptors (Lipinski definition) is 4. The number of ether oxygens (including phenoxy) is 1. The Morgan fingerprint density at radius 2 is 1.90 bits per heavy atom. The first-order valence-corrected chi connectivity index (χ1v) is 9.68. The molecule has 7 nitrogen and oxygen atoms in total. The summed E-state index contributed by atoms with van der Waals surface area (Å²) in [6.07, 6.45) is 3.52. The van der Waals surface area contributed by atoms with Crippen LogP contribution in [0.2, 0.25) is 5.02 Å². The lowest BCUT2D eigenvalue weighted by Gasteiger charge is -2.04. The highest BCUT2D eigenvalue weighted by Crippen LogP contribution is 2.24. The number of nitrogens with one attached hydrogen (secondary N) is 2. The molecule has 0 aliphatic heterocycles. The SMILES string of the molecule is CCCCOc1ccc(/C=N/n2c(=O)[nH]c3c([nH]c4ccc(Cl)cc43)c2=O)cc1. The summed E-state index contributed by atoms with van der Waals surface area (Å²) < 4.78 is 6.42. The summed E-state index contributed by atoms with van der Waals surface area (Å²) in [6, 6.07) is 12.4. The molecule has 0 spiro atoms. The molecular weight excluding hydrogens is 392 g/mol. The minimum atomic E-state index is -0.626. The quantitative estimate of drug-likeness (QED) is 0.373. The Labute approximate surface area is 170 Å². The van der Waals surface area contributed by atoms with Crippen molar-refractivity contribution in [2.45, 2.75) is 19.8 Å². The van der Waals surface area contributed by atoms with Crippen molar-refractivity contribution in [2.75, 3.05) is 6.61 Å². The summed E-state index contributed by atoms with van der Waals surface area (Å²) in [6.45, 7) is 2.78. The molecule has 2 aromatic carbocycles. The monoisotopic (exact) mass is 410 g/mol. The molecule has 0 saturated heterocycles. The zero-order valence-electron chi connectivity index (χ0n) is 15.7. The lowest BCUT2D eigenvalue weighted by atomic mass is 10.2. The first kappa shape index (κ1) is 19.0. The normalized spacial score (nSPS) is 11.7. The molecule has 8 heteroatoms. The van der Waals surface area contributed by atoms with Crippen LogP contribution in [0.25, 0.3) is 21.9 Å². The standard InChI is InChI=1S/C21H19ClN4O3/c1-2-3-10-29-15-7-4-13(5-8-15)12-23-26-20(27)19-18(25-21(26)28)16-11-14(22)6-9-17(16)24-19/h4-9,11-12,24H,2-3,10H2,1H3,(H,25,28)/b23-12+. The molecule has 0 aliphatic rings. The highest BCUT2D eigenvalue weighted by molar-refractivity contribution is 6.31. The van der Waals surface area contributed by atoms with Gasteiger partial charge in [-0.3, -0.25) is 4.79 Å². The van der Waals surface area contributed by atoms with Gasteiger partial charge in [0.1, 0.15) is 11.3 Å². The molecule has 2 aromatic heterocycles. The van der Waals surface area contributed by atoms with Crippen LogP contribution in [-0.2, 0) is 0 Å². The second kappa shape index (κ2) is 7.97. The van der Waals surface area contributed by atoms with Crippen molar-refractivity contribution >= 4 is 39.8 Å². The average molecular weight is 411 g/mol. The van der Waals surface area contributed by atoms with Crippen molar-refractivity contribution < 1.29 is 4.74 Å². The zero-order chi connectivity index (χ0) is 20.4. The number of rotatable bonds is 6. The molecule has 0 bridgehead atoms. The molecule has 0 unspecified atom stereocenters. The van der Waals surface area contributed by atoms with E-state index in [0.29, 0.717) is 28.0 Å². The number of hydrogen-bond donors (Lipinski definition) is 2. The largest absolute Gasteiger partial charge is 0.494 e. The summed E-state index contributed by atoms with van der Waals surface area (Å²) in [5.41, 5.74) is 0.961. The molecule has 4 rings (SSSR count). The van der Waals surface area contributed by atoms with Gasteiger partial charge in [-0.25, -0.2) is 4.79 Å². The molecular formula is C21H19ClN4O3. The van der Waals surface area contributed by atoms with E-state index in [2.05, 4.69) is 22.0 Å². The summed E-state index contributed by atoms with van der Waals surface area (Å²) in [5.74, 6) is 0.767. The third-order valence-electron chi connectivity index (χ3n) is 4.56. The maximum atomic E-state index is 12.8. The first-order valence-electron chi connectivity index (χ1n) is 9.30. The van der Waals surface area contributed by atoms with Gasteiger partial charge in [-0.2, -0.15) is 5.10 Å². The third kappa shape index (κ3) is 3.82. The molecule has 0 fully saturated rings. The van der Waals surface area contributed by atoms with E-state index in [1.807, 2.05) is 24.3 Å². The van der Waals surface area contributed by atoms with Gasteiger partial charge in [-0.05, 0) is 54.4 Å². The van der Waals surface area contributed by atoms with Gasteiger partial charge in [0.2, 0.25) is 0 Å². The molecule has 0 amide bonds. The zero-order valence-corrected chi connectivity index (χ0v) is 16.5. The third-order valence-corrected chi connectivity index (χ3v) is 4.80. The Kier molecular flexibility index (Phi) is 5.22. The molecule has 0 aliphatic carbocycles. The van der Waals surface area contributed by atoms with E-state index < -0.39 is 11.2 Å². The van der Waals surface area contributed by atoms with E-state index in [1.165, 1.54) is 6.21 Å². The summed E-state index contributed by atoms with van der Waals surface area (Å²) in [5, 5.41) is 5.26. The number of unbranched alkanes of at least 4 members (excludes halogenated alkanes) is 1. The van der Waals surface area contributed by atoms with Crippen LogP contribution < -0.4 is 16.0 Å². The molecule has 0 saturated carbocycles. The molecule has 29 heavy (non-hydrogen) atoms. The number of benzene rings is 2. The van der Waals surface area contributed by atoms with Crippen LogP contribution in [-0.4, -0.2) is 27.5 Å². The van der Waals surface area contributed by atoms with Crippen molar-refractivity contribution in [3.05, 3.63) is 73.9 Å². The topological polar surface area (TPSA) is 92.2 Å². The minimum Gasteiger partial charge on any atom is -0.494 e. The van der Waals surface area contributed by atoms with Gasteiger partial charge in [-0.15, -0.1) is 4.68 Å². The summed E-state index contributed by atoms with van der Waals surface area (Å²) in [4.78, 5) is 30.9. The maximum Gasteiger partial charge on any atom is 0.350 e. The van der Waals surface area contributed by atoms with Gasteiger partial charge in [0.05, 0.1) is 18.3 Å². The maximum absolute atomic E-state index is 12.8. The van der Waals surface area contributed by atoms with E-state index in [1.54, 1.807) is 18.2 Å². The fraction of sp³-hybridized carbons (Fsp3) is 0.190. The van der Waals surface area contributed by atoms with Gasteiger partial charge < -0.3 is 14.7 Å². The lowest BCUT2D eigenvalue weighted by Crippen LogP contribution is -2.32. The van der Waals surface area contributed by atoms with Crippen molar-refractivity contribution in [3.8, 4) is 5.75 Å². The van der Waals surface area contributed by atoms with E-state index in [4.69, 9.17) is 16.3 Å². The second-order valence-electron chi connectivity index (χ2n) is 6.63. The Balaban J connectivity index is 1.66. The van der Waals surface area contributed by atoms with Crippen LogP contribution in [0.5, 0.6) is 5.75 Å². The van der Waals surface area contributed by atoms with Crippen LogP contribution in [0.4, 0.5) is 0 Å².